The molecule has 0 saturated carbocycles. The van der Waals surface area contributed by atoms with E-state index in [1.165, 1.54) is 4.90 Å². The van der Waals surface area contributed by atoms with Gasteiger partial charge in [-0.2, -0.15) is 0 Å². The number of amides is 1. The van der Waals surface area contributed by atoms with Gasteiger partial charge in [-0.15, -0.1) is 11.8 Å². The molecule has 1 aromatic carbocycles. The Kier molecular flexibility index (Phi) is 5.48. The second kappa shape index (κ2) is 7.13. The van der Waals surface area contributed by atoms with Gasteiger partial charge in [0.2, 0.25) is 5.91 Å². The number of carbonyl (C=O) groups is 2. The van der Waals surface area contributed by atoms with Crippen LogP contribution < -0.4 is 0 Å². The van der Waals surface area contributed by atoms with Gasteiger partial charge in [-0.3, -0.25) is 4.79 Å². The topological polar surface area (TPSA) is 57.6 Å². The summed E-state index contributed by atoms with van der Waals surface area (Å²) in [6, 6.07) is 7.23. The zero-order chi connectivity index (χ0) is 14.5. The van der Waals surface area contributed by atoms with E-state index in [4.69, 9.17) is 5.11 Å². The number of carboxylic acid groups (broad SMARTS) is 1. The number of benzene rings is 1. The molecule has 20 heavy (non-hydrogen) atoms. The van der Waals surface area contributed by atoms with Gasteiger partial charge in [-0.25, -0.2) is 4.79 Å². The number of carboxylic acids is 1. The molecular formula is C14H16BrNO3S. The highest BCUT2D eigenvalue weighted by molar-refractivity contribution is 9.10. The van der Waals surface area contributed by atoms with Crippen LogP contribution in [-0.4, -0.2) is 40.2 Å². The molecule has 4 nitrogen and oxygen atoms in total. The van der Waals surface area contributed by atoms with E-state index in [0.29, 0.717) is 25.1 Å². The molecule has 1 aliphatic rings. The van der Waals surface area contributed by atoms with Crippen LogP contribution >= 0.6 is 27.7 Å². The predicted molar refractivity (Wildman–Crippen MR) is 81.9 cm³/mol. The first-order chi connectivity index (χ1) is 9.59. The van der Waals surface area contributed by atoms with Crippen molar-refractivity contribution in [2.45, 2.75) is 30.2 Å². The average molecular weight is 358 g/mol. The van der Waals surface area contributed by atoms with Crippen LogP contribution in [0.1, 0.15) is 19.3 Å². The van der Waals surface area contributed by atoms with Crippen molar-refractivity contribution in [3.63, 3.8) is 0 Å². The monoisotopic (exact) mass is 357 g/mol. The third-order valence-corrected chi connectivity index (χ3v) is 5.30. The molecule has 0 spiro atoms. The van der Waals surface area contributed by atoms with Gasteiger partial charge in [-0.1, -0.05) is 12.1 Å². The normalized spacial score (nSPS) is 18.2. The molecule has 1 aliphatic heterocycles. The summed E-state index contributed by atoms with van der Waals surface area (Å²) in [6.45, 7) is 0.565. The molecule has 1 N–H and O–H groups in total. The standard InChI is InChI=1S/C14H16BrNO3S/c15-10-4-1-2-6-12(10)20-9-7-13(17)16-8-3-5-11(16)14(18)19/h1-2,4,6,11H,3,5,7-9H2,(H,18,19)/t11-/m1/s1. The molecule has 1 amide bonds. The van der Waals surface area contributed by atoms with Crippen molar-refractivity contribution in [1.29, 1.82) is 0 Å². The summed E-state index contributed by atoms with van der Waals surface area (Å²) in [5.41, 5.74) is 0. The SMILES string of the molecule is O=C(O)[C@H]1CCCN1C(=O)CCSc1ccccc1Br. The maximum atomic E-state index is 12.1. The summed E-state index contributed by atoms with van der Waals surface area (Å²) >= 11 is 5.07. The number of halogens is 1. The zero-order valence-corrected chi connectivity index (χ0v) is 13.3. The molecule has 0 unspecified atom stereocenters. The van der Waals surface area contributed by atoms with Crippen molar-refractivity contribution < 1.29 is 14.7 Å². The Morgan fingerprint density at radius 2 is 2.15 bits per heavy atom. The van der Waals surface area contributed by atoms with Gasteiger partial charge in [0.05, 0.1) is 0 Å². The lowest BCUT2D eigenvalue weighted by Gasteiger charge is -2.21. The molecule has 108 valence electrons. The number of hydrogen-bond donors (Lipinski definition) is 1. The van der Waals surface area contributed by atoms with Crippen LogP contribution in [0.15, 0.2) is 33.6 Å². The minimum atomic E-state index is -0.894. The third-order valence-electron chi connectivity index (χ3n) is 3.27. The molecule has 6 heteroatoms. The predicted octanol–water partition coefficient (Wildman–Crippen LogP) is 3.01. The second-order valence-corrected chi connectivity index (χ2v) is 6.60. The van der Waals surface area contributed by atoms with Crippen LogP contribution in [0.2, 0.25) is 0 Å². The Morgan fingerprint density at radius 1 is 1.40 bits per heavy atom. The maximum absolute atomic E-state index is 12.1. The Morgan fingerprint density at radius 3 is 2.85 bits per heavy atom. The van der Waals surface area contributed by atoms with Crippen LogP contribution in [0.4, 0.5) is 0 Å². The fraction of sp³-hybridized carbons (Fsp3) is 0.429. The summed E-state index contributed by atoms with van der Waals surface area (Å²) in [7, 11) is 0. The van der Waals surface area contributed by atoms with Gasteiger partial charge in [-0.05, 0) is 40.9 Å². The number of carbonyl (C=O) groups excluding carboxylic acids is 1. The first-order valence-electron chi connectivity index (χ1n) is 6.49. The Bertz CT molecular complexity index is 509. The lowest BCUT2D eigenvalue weighted by atomic mass is 10.2. The van der Waals surface area contributed by atoms with Crippen molar-refractivity contribution >= 4 is 39.6 Å². The molecule has 1 atom stereocenters. The lowest BCUT2D eigenvalue weighted by Crippen LogP contribution is -2.40. The largest absolute Gasteiger partial charge is 0.480 e. The van der Waals surface area contributed by atoms with Gasteiger partial charge in [0.25, 0.3) is 0 Å². The minimum absolute atomic E-state index is 0.0607. The summed E-state index contributed by atoms with van der Waals surface area (Å²) in [6.07, 6.45) is 1.72. The average Bonchev–Trinajstić information content (AvgIpc) is 2.90. The molecule has 0 radical (unpaired) electrons. The van der Waals surface area contributed by atoms with Crippen molar-refractivity contribution in [3.05, 3.63) is 28.7 Å². The number of aliphatic carboxylic acids is 1. The highest BCUT2D eigenvalue weighted by atomic mass is 79.9. The van der Waals surface area contributed by atoms with Crippen LogP contribution in [0.25, 0.3) is 0 Å². The maximum Gasteiger partial charge on any atom is 0.326 e. The van der Waals surface area contributed by atoms with Gasteiger partial charge >= 0.3 is 5.97 Å². The molecule has 1 aromatic rings. The van der Waals surface area contributed by atoms with E-state index in [1.54, 1.807) is 11.8 Å². The van der Waals surface area contributed by atoms with E-state index in [9.17, 15) is 9.59 Å². The van der Waals surface area contributed by atoms with Crippen molar-refractivity contribution in [2.24, 2.45) is 0 Å². The van der Waals surface area contributed by atoms with Gasteiger partial charge in [0, 0.05) is 28.1 Å². The molecule has 1 heterocycles. The summed E-state index contributed by atoms with van der Waals surface area (Å²) in [4.78, 5) is 25.7. The van der Waals surface area contributed by atoms with E-state index in [0.717, 1.165) is 15.8 Å². The Hall–Kier alpha value is -1.01. The molecule has 0 bridgehead atoms. The number of hydrogen-bond acceptors (Lipinski definition) is 3. The number of nitrogens with zero attached hydrogens (tertiary/aromatic N) is 1. The molecule has 1 fully saturated rings. The van der Waals surface area contributed by atoms with Gasteiger partial charge in [0.1, 0.15) is 6.04 Å². The van der Waals surface area contributed by atoms with Gasteiger partial charge < -0.3 is 10.0 Å². The zero-order valence-electron chi connectivity index (χ0n) is 10.9. The van der Waals surface area contributed by atoms with E-state index in [2.05, 4.69) is 15.9 Å². The first kappa shape index (κ1) is 15.4. The smallest absolute Gasteiger partial charge is 0.326 e. The van der Waals surface area contributed by atoms with Crippen LogP contribution in [0.3, 0.4) is 0 Å². The van der Waals surface area contributed by atoms with E-state index in [-0.39, 0.29) is 5.91 Å². The Balaban J connectivity index is 1.84. The molecule has 0 aromatic heterocycles. The number of thioether (sulfide) groups is 1. The lowest BCUT2D eigenvalue weighted by molar-refractivity contribution is -0.148. The molecule has 0 aliphatic carbocycles. The van der Waals surface area contributed by atoms with Crippen LogP contribution in [-0.2, 0) is 9.59 Å². The number of rotatable bonds is 5. The van der Waals surface area contributed by atoms with Crippen molar-refractivity contribution in [1.82, 2.24) is 4.90 Å². The second-order valence-electron chi connectivity index (χ2n) is 4.61. The highest BCUT2D eigenvalue weighted by Crippen LogP contribution is 2.28. The summed E-state index contributed by atoms with van der Waals surface area (Å²) in [5, 5.41) is 9.07. The van der Waals surface area contributed by atoms with Crippen molar-refractivity contribution in [3.8, 4) is 0 Å². The fourth-order valence-electron chi connectivity index (χ4n) is 2.28. The molecule has 1 saturated heterocycles. The minimum Gasteiger partial charge on any atom is -0.480 e. The van der Waals surface area contributed by atoms with Crippen molar-refractivity contribution in [2.75, 3.05) is 12.3 Å². The molecular weight excluding hydrogens is 342 g/mol. The van der Waals surface area contributed by atoms with E-state index < -0.39 is 12.0 Å². The first-order valence-corrected chi connectivity index (χ1v) is 8.27. The number of likely N-dealkylation sites (tertiary alicyclic amines) is 1. The van der Waals surface area contributed by atoms with E-state index in [1.807, 2.05) is 24.3 Å². The van der Waals surface area contributed by atoms with Gasteiger partial charge in [0.15, 0.2) is 0 Å². The third kappa shape index (κ3) is 3.76. The summed E-state index contributed by atoms with van der Waals surface area (Å²) in [5.74, 6) is -0.298. The Labute approximate surface area is 130 Å². The van der Waals surface area contributed by atoms with Crippen LogP contribution in [0, 0.1) is 0 Å². The van der Waals surface area contributed by atoms with E-state index >= 15 is 0 Å². The molecule has 2 rings (SSSR count). The van der Waals surface area contributed by atoms with Crippen LogP contribution in [0.5, 0.6) is 0 Å². The highest BCUT2D eigenvalue weighted by Gasteiger charge is 2.33. The fourth-order valence-corrected chi connectivity index (χ4v) is 3.78. The summed E-state index contributed by atoms with van der Waals surface area (Å²) < 4.78 is 1.02. The quantitative estimate of drug-likeness (QED) is 0.823.